The predicted octanol–water partition coefficient (Wildman–Crippen LogP) is 9.10. The third-order valence-electron chi connectivity index (χ3n) is 7.31. The van der Waals surface area contributed by atoms with Crippen LogP contribution in [0.3, 0.4) is 0 Å². The van der Waals surface area contributed by atoms with Crippen molar-refractivity contribution in [2.45, 2.75) is 57.5 Å². The zero-order chi connectivity index (χ0) is 30.9. The third kappa shape index (κ3) is 8.50. The summed E-state index contributed by atoms with van der Waals surface area (Å²) in [5.74, 6) is -0.914. The molecule has 0 saturated heterocycles. The Bertz CT molecular complexity index is 1380. The van der Waals surface area contributed by atoms with Crippen molar-refractivity contribution in [2.24, 2.45) is 4.99 Å². The number of aromatic nitrogens is 1. The number of hydrogen-bond acceptors (Lipinski definition) is 4. The smallest absolute Gasteiger partial charge is 0.363 e. The number of allylic oxidation sites excluding steroid dienone is 4. The van der Waals surface area contributed by atoms with Crippen LogP contribution in [0, 0.1) is 12.7 Å². The van der Waals surface area contributed by atoms with Gasteiger partial charge in [0.2, 0.25) is 0 Å². The van der Waals surface area contributed by atoms with Crippen LogP contribution in [0.1, 0.15) is 60.4 Å². The van der Waals surface area contributed by atoms with Crippen molar-refractivity contribution in [2.75, 3.05) is 18.9 Å². The number of pyridine rings is 1. The van der Waals surface area contributed by atoms with Crippen molar-refractivity contribution in [1.29, 1.82) is 0 Å². The summed E-state index contributed by atoms with van der Waals surface area (Å²) in [5, 5.41) is 2.76. The topological polar surface area (TPSA) is 40.5 Å². The molecule has 0 atom stereocenters. The minimum atomic E-state index is -4.85. The van der Waals surface area contributed by atoms with Gasteiger partial charge < -0.3 is 10.2 Å². The minimum absolute atomic E-state index is 0.166. The van der Waals surface area contributed by atoms with Crippen molar-refractivity contribution in [3.8, 4) is 0 Å². The molecule has 3 rings (SSSR count). The van der Waals surface area contributed by atoms with Crippen LogP contribution in [-0.4, -0.2) is 36.4 Å². The summed E-state index contributed by atoms with van der Waals surface area (Å²) in [6.07, 6.45) is 7.42. The lowest BCUT2D eigenvalue weighted by Gasteiger charge is -2.27. The standard InChI is InChI=1S/C33H37F5N4/c1-6-29(32(33(36,37)38)42(5)21-27(34)13-10-17-39-4)22(2)41-28-15-14-25(30(35)20-28)19-26-16-18-40-23(3)31(26)24-11-8-7-9-12-24/h6,10,13-18,20,24,41H,1-2,4,7-9,11-12,19,21H2,3,5H3/b17-10-,27-13+,32-29+. The van der Waals surface area contributed by atoms with Gasteiger partial charge in [0.25, 0.3) is 0 Å². The zero-order valence-corrected chi connectivity index (χ0v) is 24.1. The lowest BCUT2D eigenvalue weighted by Crippen LogP contribution is -2.32. The molecule has 9 heteroatoms. The molecule has 1 aromatic heterocycles. The van der Waals surface area contributed by atoms with Crippen molar-refractivity contribution in [3.05, 3.63) is 119 Å². The molecule has 1 aromatic carbocycles. The Labute approximate surface area is 244 Å². The summed E-state index contributed by atoms with van der Waals surface area (Å²) in [7, 11) is 1.11. The highest BCUT2D eigenvalue weighted by atomic mass is 19.4. The highest BCUT2D eigenvalue weighted by Gasteiger charge is 2.39. The first-order chi connectivity index (χ1) is 20.0. The van der Waals surface area contributed by atoms with E-state index in [1.165, 1.54) is 43.2 Å². The van der Waals surface area contributed by atoms with E-state index in [0.717, 1.165) is 48.2 Å². The Hall–Kier alpha value is -4.01. The summed E-state index contributed by atoms with van der Waals surface area (Å²) in [6, 6.07) is 6.38. The van der Waals surface area contributed by atoms with Gasteiger partial charge in [-0.25, -0.2) is 8.78 Å². The van der Waals surface area contributed by atoms with E-state index in [2.05, 4.69) is 35.2 Å². The van der Waals surface area contributed by atoms with E-state index in [1.807, 2.05) is 13.0 Å². The molecule has 0 amide bonds. The van der Waals surface area contributed by atoms with E-state index in [1.54, 1.807) is 18.3 Å². The van der Waals surface area contributed by atoms with Gasteiger partial charge >= 0.3 is 6.18 Å². The zero-order valence-electron chi connectivity index (χ0n) is 24.1. The number of anilines is 1. The summed E-state index contributed by atoms with van der Waals surface area (Å²) >= 11 is 0. The minimum Gasteiger partial charge on any atom is -0.363 e. The maximum atomic E-state index is 15.3. The Morgan fingerprint density at radius 1 is 1.17 bits per heavy atom. The number of nitrogens with one attached hydrogen (secondary N) is 1. The second kappa shape index (κ2) is 14.8. The molecule has 42 heavy (non-hydrogen) atoms. The molecular weight excluding hydrogens is 547 g/mol. The van der Waals surface area contributed by atoms with Gasteiger partial charge in [0, 0.05) is 48.5 Å². The molecule has 0 bridgehead atoms. The number of halogens is 5. The lowest BCUT2D eigenvalue weighted by molar-refractivity contribution is -0.109. The van der Waals surface area contributed by atoms with Crippen molar-refractivity contribution >= 4 is 12.4 Å². The first kappa shape index (κ1) is 32.5. The fraction of sp³-hybridized carbons (Fsp3) is 0.333. The Kier molecular flexibility index (Phi) is 11.4. The molecule has 1 saturated carbocycles. The van der Waals surface area contributed by atoms with Gasteiger partial charge in [-0.1, -0.05) is 44.6 Å². The average molecular weight is 585 g/mol. The van der Waals surface area contributed by atoms with Crippen molar-refractivity contribution in [1.82, 2.24) is 9.88 Å². The van der Waals surface area contributed by atoms with Gasteiger partial charge in [-0.2, -0.15) is 13.2 Å². The molecule has 1 fully saturated rings. The van der Waals surface area contributed by atoms with Gasteiger partial charge in [-0.3, -0.25) is 9.98 Å². The Morgan fingerprint density at radius 3 is 2.50 bits per heavy atom. The highest BCUT2D eigenvalue weighted by Crippen LogP contribution is 2.37. The maximum absolute atomic E-state index is 15.3. The largest absolute Gasteiger partial charge is 0.431 e. The number of alkyl halides is 3. The first-order valence-corrected chi connectivity index (χ1v) is 13.8. The monoisotopic (exact) mass is 584 g/mol. The molecule has 1 aliphatic carbocycles. The van der Waals surface area contributed by atoms with E-state index in [0.29, 0.717) is 17.9 Å². The second-order valence-electron chi connectivity index (χ2n) is 10.3. The molecule has 1 heterocycles. The van der Waals surface area contributed by atoms with Gasteiger partial charge in [0.15, 0.2) is 0 Å². The van der Waals surface area contributed by atoms with Gasteiger partial charge in [-0.05, 0) is 79.4 Å². The molecule has 4 nitrogen and oxygen atoms in total. The Balaban J connectivity index is 1.84. The number of nitrogens with zero attached hydrogens (tertiary/aromatic N) is 3. The van der Waals surface area contributed by atoms with Gasteiger partial charge in [0.1, 0.15) is 17.3 Å². The van der Waals surface area contributed by atoms with Crippen LogP contribution >= 0.6 is 0 Å². The van der Waals surface area contributed by atoms with Gasteiger partial charge in [-0.15, -0.1) is 0 Å². The van der Waals surface area contributed by atoms with Crippen molar-refractivity contribution in [3.63, 3.8) is 0 Å². The molecule has 0 aliphatic heterocycles. The number of benzene rings is 1. The number of aryl methyl sites for hydroxylation is 1. The molecule has 224 valence electrons. The van der Waals surface area contributed by atoms with Crippen LogP contribution in [-0.2, 0) is 6.42 Å². The molecule has 0 radical (unpaired) electrons. The number of aliphatic imine (C=N–C) groups is 1. The summed E-state index contributed by atoms with van der Waals surface area (Å²) in [5.41, 5.74) is 2.16. The molecular formula is C33H37F5N4. The normalized spacial score (nSPS) is 15.4. The number of likely N-dealkylation sites (N-methyl/N-ethyl adjacent to an activating group) is 1. The molecule has 1 aliphatic rings. The van der Waals surface area contributed by atoms with Crippen LogP contribution in [0.2, 0.25) is 0 Å². The molecule has 2 aromatic rings. The number of rotatable bonds is 12. The van der Waals surface area contributed by atoms with Crippen LogP contribution in [0.5, 0.6) is 0 Å². The summed E-state index contributed by atoms with van der Waals surface area (Å²) in [4.78, 5) is 8.62. The van der Waals surface area contributed by atoms with Crippen molar-refractivity contribution < 1.29 is 22.0 Å². The lowest BCUT2D eigenvalue weighted by atomic mass is 9.80. The number of hydrogen-bond donors (Lipinski definition) is 1. The van der Waals surface area contributed by atoms with E-state index >= 15 is 4.39 Å². The van der Waals surface area contributed by atoms with E-state index < -0.39 is 35.6 Å². The Morgan fingerprint density at radius 2 is 1.88 bits per heavy atom. The fourth-order valence-electron chi connectivity index (χ4n) is 5.45. The average Bonchev–Trinajstić information content (AvgIpc) is 2.93. The van der Waals surface area contributed by atoms with E-state index in [-0.39, 0.29) is 11.4 Å². The SMILES string of the molecule is C=C/C(C(=C)Nc1ccc(Cc2ccnc(C)c2C2CCCCC2)c(F)c1)=C(\N(C)C/C(F)=C\C=C/N=C)C(F)(F)F. The van der Waals surface area contributed by atoms with Crippen LogP contribution in [0.15, 0.2) is 95.8 Å². The molecule has 0 spiro atoms. The third-order valence-corrected chi connectivity index (χ3v) is 7.31. The first-order valence-electron chi connectivity index (χ1n) is 13.8. The van der Waals surface area contributed by atoms with Crippen LogP contribution < -0.4 is 5.32 Å². The van der Waals surface area contributed by atoms with E-state index in [4.69, 9.17) is 0 Å². The van der Waals surface area contributed by atoms with Crippen LogP contribution in [0.25, 0.3) is 0 Å². The summed E-state index contributed by atoms with van der Waals surface area (Å²) < 4.78 is 71.9. The van der Waals surface area contributed by atoms with E-state index in [9.17, 15) is 17.6 Å². The predicted molar refractivity (Wildman–Crippen MR) is 161 cm³/mol. The fourth-order valence-corrected chi connectivity index (χ4v) is 5.45. The maximum Gasteiger partial charge on any atom is 0.431 e. The highest BCUT2D eigenvalue weighted by molar-refractivity contribution is 5.57. The van der Waals surface area contributed by atoms with Crippen LogP contribution in [0.4, 0.5) is 27.6 Å². The summed E-state index contributed by atoms with van der Waals surface area (Å²) in [6.45, 7) is 11.8. The molecule has 1 N–H and O–H groups in total. The second-order valence-corrected chi connectivity index (χ2v) is 10.3. The van der Waals surface area contributed by atoms with Gasteiger partial charge in [0.05, 0.1) is 6.54 Å². The quantitative estimate of drug-likeness (QED) is 0.154. The molecule has 0 unspecified atom stereocenters.